The van der Waals surface area contributed by atoms with E-state index >= 15 is 0 Å². The second-order valence-corrected chi connectivity index (χ2v) is 6.62. The first kappa shape index (κ1) is 17.5. The zero-order valence-corrected chi connectivity index (χ0v) is 15.2. The number of ether oxygens (including phenoxy) is 1. The molecule has 0 spiro atoms. The summed E-state index contributed by atoms with van der Waals surface area (Å²) in [5.41, 5.74) is 1.57. The number of halogens is 1. The van der Waals surface area contributed by atoms with E-state index in [9.17, 15) is 4.79 Å². The van der Waals surface area contributed by atoms with Crippen LogP contribution < -0.4 is 9.64 Å². The highest BCUT2D eigenvalue weighted by molar-refractivity contribution is 6.32. The molecule has 0 aromatic heterocycles. The van der Waals surface area contributed by atoms with Crippen LogP contribution >= 0.6 is 11.6 Å². The van der Waals surface area contributed by atoms with E-state index in [0.29, 0.717) is 17.3 Å². The summed E-state index contributed by atoms with van der Waals surface area (Å²) in [5.74, 6) is 0.833. The Morgan fingerprint density at radius 3 is 2.60 bits per heavy atom. The van der Waals surface area contributed by atoms with Crippen LogP contribution in [0.15, 0.2) is 54.3 Å². The molecule has 1 aliphatic heterocycles. The number of carbonyl (C=O) groups is 1. The topological polar surface area (TPSA) is 32.8 Å². The molecular weight excluding hydrogens is 336 g/mol. The van der Waals surface area contributed by atoms with Crippen LogP contribution in [0.5, 0.6) is 5.75 Å². The summed E-state index contributed by atoms with van der Waals surface area (Å²) in [7, 11) is 4.05. The van der Waals surface area contributed by atoms with Crippen molar-refractivity contribution >= 4 is 29.3 Å². The van der Waals surface area contributed by atoms with Crippen molar-refractivity contribution in [3.8, 4) is 5.75 Å². The number of rotatable bonds is 5. The lowest BCUT2D eigenvalue weighted by Crippen LogP contribution is -2.38. The average Bonchev–Trinajstić information content (AvgIpc) is 2.59. The van der Waals surface area contributed by atoms with Gasteiger partial charge in [-0.3, -0.25) is 4.79 Å². The highest BCUT2D eigenvalue weighted by Crippen LogP contribution is 2.36. The van der Waals surface area contributed by atoms with Crippen molar-refractivity contribution in [3.05, 3.63) is 64.9 Å². The lowest BCUT2D eigenvalue weighted by atomic mass is 10.1. The Kier molecular flexibility index (Phi) is 5.41. The normalized spacial score (nSPS) is 15.4. The summed E-state index contributed by atoms with van der Waals surface area (Å²) in [6.45, 7) is 1.55. The second-order valence-electron chi connectivity index (χ2n) is 6.21. The van der Waals surface area contributed by atoms with E-state index in [-0.39, 0.29) is 11.7 Å². The first-order valence-electron chi connectivity index (χ1n) is 8.26. The first-order valence-corrected chi connectivity index (χ1v) is 8.64. The van der Waals surface area contributed by atoms with Crippen LogP contribution in [0.4, 0.5) is 5.69 Å². The number of carbonyl (C=O) groups excluding carboxylic acids is 1. The van der Waals surface area contributed by atoms with Gasteiger partial charge in [-0.15, -0.1) is 0 Å². The Hall–Kier alpha value is -2.30. The SMILES string of the molecule is CN(C)CCCN1C(=O)/C(=C/c2ccccc2Cl)Oc2ccccc21. The van der Waals surface area contributed by atoms with Gasteiger partial charge in [0.15, 0.2) is 11.5 Å². The van der Waals surface area contributed by atoms with E-state index in [1.807, 2.05) is 56.6 Å². The van der Waals surface area contributed by atoms with Crippen molar-refractivity contribution in [2.75, 3.05) is 32.1 Å². The molecular formula is C20H21ClN2O2. The van der Waals surface area contributed by atoms with Crippen molar-refractivity contribution in [1.29, 1.82) is 0 Å². The number of benzene rings is 2. The monoisotopic (exact) mass is 356 g/mol. The Morgan fingerprint density at radius 1 is 1.12 bits per heavy atom. The summed E-state index contributed by atoms with van der Waals surface area (Å²) in [4.78, 5) is 16.8. The van der Waals surface area contributed by atoms with Crippen molar-refractivity contribution in [3.63, 3.8) is 0 Å². The molecule has 0 radical (unpaired) electrons. The van der Waals surface area contributed by atoms with Gasteiger partial charge in [0.25, 0.3) is 5.91 Å². The van der Waals surface area contributed by atoms with Gasteiger partial charge in [0, 0.05) is 11.6 Å². The van der Waals surface area contributed by atoms with Crippen molar-refractivity contribution in [2.45, 2.75) is 6.42 Å². The fourth-order valence-electron chi connectivity index (χ4n) is 2.76. The number of hydrogen-bond donors (Lipinski definition) is 0. The van der Waals surface area contributed by atoms with Crippen LogP contribution in [0.2, 0.25) is 5.02 Å². The Bertz CT molecular complexity index is 802. The molecule has 3 rings (SSSR count). The van der Waals surface area contributed by atoms with Crippen LogP contribution in [0.25, 0.3) is 6.08 Å². The molecule has 1 heterocycles. The molecule has 0 unspecified atom stereocenters. The number of anilines is 1. The zero-order valence-electron chi connectivity index (χ0n) is 14.4. The lowest BCUT2D eigenvalue weighted by Gasteiger charge is -2.30. The molecule has 0 aliphatic carbocycles. The summed E-state index contributed by atoms with van der Waals surface area (Å²) in [6.07, 6.45) is 2.59. The summed E-state index contributed by atoms with van der Waals surface area (Å²) < 4.78 is 5.86. The highest BCUT2D eigenvalue weighted by atomic mass is 35.5. The van der Waals surface area contributed by atoms with E-state index in [1.165, 1.54) is 0 Å². The Balaban J connectivity index is 1.92. The number of para-hydroxylation sites is 2. The maximum atomic E-state index is 13.0. The first-order chi connectivity index (χ1) is 12.1. The fraction of sp³-hybridized carbons (Fsp3) is 0.250. The van der Waals surface area contributed by atoms with Crippen molar-refractivity contribution < 1.29 is 9.53 Å². The third kappa shape index (κ3) is 4.03. The Morgan fingerprint density at radius 2 is 1.84 bits per heavy atom. The predicted molar refractivity (Wildman–Crippen MR) is 102 cm³/mol. The number of nitrogens with zero attached hydrogens (tertiary/aromatic N) is 2. The number of amides is 1. The third-order valence-electron chi connectivity index (χ3n) is 4.01. The standard InChI is InChI=1S/C20H21ClN2O2/c1-22(2)12-7-13-23-17-10-5-6-11-18(17)25-19(20(23)24)14-15-8-3-4-9-16(15)21/h3-6,8-11,14H,7,12-13H2,1-2H3/b19-14-. The summed E-state index contributed by atoms with van der Waals surface area (Å²) in [5, 5.41) is 0.587. The van der Waals surface area contributed by atoms with Crippen LogP contribution in [0.3, 0.4) is 0 Å². The molecule has 2 aromatic carbocycles. The molecule has 0 fully saturated rings. The Labute approximate surface area is 153 Å². The number of fused-ring (bicyclic) bond motifs is 1. The largest absolute Gasteiger partial charge is 0.449 e. The van der Waals surface area contributed by atoms with Crippen molar-refractivity contribution in [2.24, 2.45) is 0 Å². The predicted octanol–water partition coefficient (Wildman–Crippen LogP) is 4.06. The maximum absolute atomic E-state index is 13.0. The van der Waals surface area contributed by atoms with Crippen molar-refractivity contribution in [1.82, 2.24) is 4.90 Å². The van der Waals surface area contributed by atoms with Gasteiger partial charge >= 0.3 is 0 Å². The van der Waals surface area contributed by atoms with Gasteiger partial charge in [-0.25, -0.2) is 0 Å². The smallest absolute Gasteiger partial charge is 0.294 e. The van der Waals surface area contributed by atoms with Gasteiger partial charge < -0.3 is 14.5 Å². The van der Waals surface area contributed by atoms with Crippen LogP contribution in [0, 0.1) is 0 Å². The zero-order chi connectivity index (χ0) is 17.8. The molecule has 5 heteroatoms. The minimum Gasteiger partial charge on any atom is -0.449 e. The molecule has 130 valence electrons. The lowest BCUT2D eigenvalue weighted by molar-refractivity contribution is -0.117. The van der Waals surface area contributed by atoms with E-state index in [2.05, 4.69) is 4.90 Å². The molecule has 2 aromatic rings. The quantitative estimate of drug-likeness (QED) is 0.757. The number of hydrogen-bond acceptors (Lipinski definition) is 3. The molecule has 4 nitrogen and oxygen atoms in total. The second kappa shape index (κ2) is 7.72. The molecule has 0 saturated heterocycles. The van der Waals surface area contributed by atoms with E-state index in [1.54, 1.807) is 17.0 Å². The molecule has 0 atom stereocenters. The third-order valence-corrected chi connectivity index (χ3v) is 4.35. The van der Waals surface area contributed by atoms with E-state index in [4.69, 9.17) is 16.3 Å². The average molecular weight is 357 g/mol. The van der Waals surface area contributed by atoms with Gasteiger partial charge in [0.05, 0.1) is 5.69 Å². The van der Waals surface area contributed by atoms with E-state index < -0.39 is 0 Å². The van der Waals surface area contributed by atoms with Gasteiger partial charge in [-0.1, -0.05) is 41.9 Å². The highest BCUT2D eigenvalue weighted by Gasteiger charge is 2.29. The molecule has 0 saturated carbocycles. The molecule has 0 bridgehead atoms. The van der Waals surface area contributed by atoms with Gasteiger partial charge in [-0.05, 0) is 56.9 Å². The van der Waals surface area contributed by atoms with E-state index in [0.717, 1.165) is 24.2 Å². The summed E-state index contributed by atoms with van der Waals surface area (Å²) in [6, 6.07) is 15.0. The molecule has 1 aliphatic rings. The molecule has 25 heavy (non-hydrogen) atoms. The van der Waals surface area contributed by atoms with Gasteiger partial charge in [0.2, 0.25) is 0 Å². The van der Waals surface area contributed by atoms with Crippen LogP contribution in [-0.2, 0) is 4.79 Å². The van der Waals surface area contributed by atoms with Gasteiger partial charge in [0.1, 0.15) is 0 Å². The molecule has 0 N–H and O–H groups in total. The fourth-order valence-corrected chi connectivity index (χ4v) is 2.95. The van der Waals surface area contributed by atoms with Gasteiger partial charge in [-0.2, -0.15) is 0 Å². The minimum absolute atomic E-state index is 0.141. The summed E-state index contributed by atoms with van der Waals surface area (Å²) >= 11 is 6.22. The molecule has 1 amide bonds. The minimum atomic E-state index is -0.141. The van der Waals surface area contributed by atoms with Crippen LogP contribution in [0.1, 0.15) is 12.0 Å². The van der Waals surface area contributed by atoms with Crippen LogP contribution in [-0.4, -0.2) is 38.0 Å². The maximum Gasteiger partial charge on any atom is 0.294 e.